The fraction of sp³-hybridized carbons (Fsp3) is 0.300. The van der Waals surface area contributed by atoms with Gasteiger partial charge in [0.2, 0.25) is 0 Å². The number of hydrogen-bond donors (Lipinski definition) is 0. The van der Waals surface area contributed by atoms with Gasteiger partial charge in [-0.2, -0.15) is 0 Å². The molecule has 0 aliphatic carbocycles. The molecule has 63 valence electrons. The van der Waals surface area contributed by atoms with Crippen LogP contribution in [0.4, 0.5) is 0 Å². The minimum atomic E-state index is 0.653. The Morgan fingerprint density at radius 1 is 1.33 bits per heavy atom. The second-order valence-electron chi connectivity index (χ2n) is 2.40. The van der Waals surface area contributed by atoms with E-state index in [1.165, 1.54) is 0 Å². The van der Waals surface area contributed by atoms with Gasteiger partial charge in [-0.25, -0.2) is 0 Å². The highest BCUT2D eigenvalue weighted by molar-refractivity contribution is 5.78. The monoisotopic (exact) mass is 162 g/mol. The molecule has 0 heterocycles. The van der Waals surface area contributed by atoms with E-state index in [1.807, 2.05) is 37.3 Å². The molecule has 1 radical (unpaired) electrons. The highest BCUT2D eigenvalue weighted by Gasteiger charge is 1.84. The molecule has 2 heteroatoms. The van der Waals surface area contributed by atoms with Crippen molar-refractivity contribution >= 4 is 6.21 Å². The largest absolute Gasteiger partial charge is 0.395 e. The second-order valence-corrected chi connectivity index (χ2v) is 2.40. The molecule has 12 heavy (non-hydrogen) atoms. The van der Waals surface area contributed by atoms with Crippen molar-refractivity contribution < 1.29 is 4.84 Å². The Bertz CT molecular complexity index is 231. The Hall–Kier alpha value is -1.31. The second kappa shape index (κ2) is 5.35. The summed E-state index contributed by atoms with van der Waals surface area (Å²) >= 11 is 0. The number of benzene rings is 1. The van der Waals surface area contributed by atoms with Gasteiger partial charge in [0.25, 0.3) is 0 Å². The number of hydrogen-bond acceptors (Lipinski definition) is 2. The van der Waals surface area contributed by atoms with E-state index in [0.717, 1.165) is 12.0 Å². The zero-order valence-corrected chi connectivity index (χ0v) is 7.16. The van der Waals surface area contributed by atoms with Crippen molar-refractivity contribution in [3.63, 3.8) is 0 Å². The van der Waals surface area contributed by atoms with Gasteiger partial charge in [0.15, 0.2) is 0 Å². The third kappa shape index (κ3) is 3.19. The zero-order chi connectivity index (χ0) is 8.65. The molecule has 0 saturated heterocycles. The van der Waals surface area contributed by atoms with Crippen molar-refractivity contribution in [3.05, 3.63) is 35.9 Å². The fourth-order valence-corrected chi connectivity index (χ4v) is 0.735. The van der Waals surface area contributed by atoms with E-state index in [4.69, 9.17) is 4.84 Å². The van der Waals surface area contributed by atoms with Gasteiger partial charge in [-0.1, -0.05) is 42.4 Å². The number of nitrogens with zero attached hydrogens (tertiary/aromatic N) is 1. The molecule has 0 aliphatic heterocycles. The van der Waals surface area contributed by atoms with Gasteiger partial charge in [-0.15, -0.1) is 0 Å². The minimum Gasteiger partial charge on any atom is -0.395 e. The van der Waals surface area contributed by atoms with Crippen molar-refractivity contribution in [2.75, 3.05) is 6.61 Å². The van der Waals surface area contributed by atoms with E-state index in [1.54, 1.807) is 0 Å². The molecule has 1 aromatic rings. The van der Waals surface area contributed by atoms with Crippen LogP contribution in [0, 0.1) is 0 Å². The van der Waals surface area contributed by atoms with Crippen LogP contribution in [0.2, 0.25) is 0 Å². The van der Waals surface area contributed by atoms with E-state index < -0.39 is 0 Å². The Morgan fingerprint density at radius 3 is 2.75 bits per heavy atom. The van der Waals surface area contributed by atoms with Crippen molar-refractivity contribution in [2.45, 2.75) is 13.3 Å². The molecular weight excluding hydrogens is 150 g/mol. The smallest absolute Gasteiger partial charge is 0.139 e. The Labute approximate surface area is 72.9 Å². The van der Waals surface area contributed by atoms with E-state index in [9.17, 15) is 0 Å². The lowest BCUT2D eigenvalue weighted by Gasteiger charge is -1.92. The fourth-order valence-electron chi connectivity index (χ4n) is 0.735. The predicted octanol–water partition coefficient (Wildman–Crippen LogP) is 2.32. The Kier molecular flexibility index (Phi) is 3.92. The summed E-state index contributed by atoms with van der Waals surface area (Å²) in [6.45, 7) is 2.69. The summed E-state index contributed by atoms with van der Waals surface area (Å²) in [7, 11) is 0. The molecule has 0 amide bonds. The maximum Gasteiger partial charge on any atom is 0.139 e. The highest BCUT2D eigenvalue weighted by atomic mass is 16.6. The summed E-state index contributed by atoms with van der Waals surface area (Å²) < 4.78 is 0. The van der Waals surface area contributed by atoms with Gasteiger partial charge in [-0.05, 0) is 6.42 Å². The van der Waals surface area contributed by atoms with Crippen molar-refractivity contribution in [1.29, 1.82) is 0 Å². The standard InChI is InChI=1S/C10H12NO/c1-2-8-12-11-9-10-6-4-3-5-7-10/h3-7H,2,8H2,1H3. The molecule has 1 rings (SSSR count). The van der Waals surface area contributed by atoms with Gasteiger partial charge in [0, 0.05) is 5.56 Å². The van der Waals surface area contributed by atoms with E-state index >= 15 is 0 Å². The first-order valence-electron chi connectivity index (χ1n) is 4.06. The zero-order valence-electron chi connectivity index (χ0n) is 7.16. The summed E-state index contributed by atoms with van der Waals surface area (Å²) in [6, 6.07) is 9.70. The Balaban J connectivity index is 2.36. The normalized spacial score (nSPS) is 10.4. The van der Waals surface area contributed by atoms with E-state index in [-0.39, 0.29) is 0 Å². The summed E-state index contributed by atoms with van der Waals surface area (Å²) in [4.78, 5) is 4.90. The Morgan fingerprint density at radius 2 is 2.08 bits per heavy atom. The average molecular weight is 162 g/mol. The van der Waals surface area contributed by atoms with Crippen LogP contribution in [0.25, 0.3) is 0 Å². The van der Waals surface area contributed by atoms with Gasteiger partial charge < -0.3 is 4.84 Å². The van der Waals surface area contributed by atoms with Crippen LogP contribution in [0.5, 0.6) is 0 Å². The molecule has 2 nitrogen and oxygen atoms in total. The van der Waals surface area contributed by atoms with Gasteiger partial charge in [0.1, 0.15) is 12.8 Å². The number of rotatable bonds is 4. The SMILES string of the molecule is CCCO/N=[C]\c1ccccc1. The van der Waals surface area contributed by atoms with Crippen LogP contribution in [0.3, 0.4) is 0 Å². The van der Waals surface area contributed by atoms with Crippen LogP contribution in [-0.2, 0) is 4.84 Å². The summed E-state index contributed by atoms with van der Waals surface area (Å²) in [5, 5.41) is 3.68. The quantitative estimate of drug-likeness (QED) is 0.378. The van der Waals surface area contributed by atoms with Crippen LogP contribution in [0.15, 0.2) is 35.5 Å². The van der Waals surface area contributed by atoms with Crippen LogP contribution in [0.1, 0.15) is 18.9 Å². The van der Waals surface area contributed by atoms with Crippen molar-refractivity contribution in [1.82, 2.24) is 0 Å². The van der Waals surface area contributed by atoms with Crippen molar-refractivity contribution in [2.24, 2.45) is 5.16 Å². The van der Waals surface area contributed by atoms with E-state index in [0.29, 0.717) is 6.61 Å². The van der Waals surface area contributed by atoms with Crippen LogP contribution in [-0.4, -0.2) is 12.8 Å². The van der Waals surface area contributed by atoms with Crippen LogP contribution < -0.4 is 0 Å². The summed E-state index contributed by atoms with van der Waals surface area (Å²) in [5.74, 6) is 0. The molecule has 0 aromatic heterocycles. The molecular formula is C10H12NO. The maximum atomic E-state index is 4.90. The molecule has 0 spiro atoms. The molecule has 0 atom stereocenters. The molecule has 0 fully saturated rings. The minimum absolute atomic E-state index is 0.653. The third-order valence-corrected chi connectivity index (χ3v) is 1.31. The molecule has 0 unspecified atom stereocenters. The van der Waals surface area contributed by atoms with Gasteiger partial charge >= 0.3 is 0 Å². The average Bonchev–Trinajstić information content (AvgIpc) is 2.14. The summed E-state index contributed by atoms with van der Waals surface area (Å²) in [6.07, 6.45) is 3.75. The lowest BCUT2D eigenvalue weighted by atomic mass is 10.2. The molecule has 0 aliphatic rings. The molecule has 0 saturated carbocycles. The predicted molar refractivity (Wildman–Crippen MR) is 49.2 cm³/mol. The molecule has 0 bridgehead atoms. The van der Waals surface area contributed by atoms with Gasteiger partial charge in [0.05, 0.1) is 0 Å². The third-order valence-electron chi connectivity index (χ3n) is 1.31. The van der Waals surface area contributed by atoms with Crippen LogP contribution >= 0.6 is 0 Å². The van der Waals surface area contributed by atoms with Gasteiger partial charge in [-0.3, -0.25) is 0 Å². The summed E-state index contributed by atoms with van der Waals surface area (Å²) in [5.41, 5.74) is 0.939. The highest BCUT2D eigenvalue weighted by Crippen LogP contribution is 1.94. The molecule has 1 aromatic carbocycles. The maximum absolute atomic E-state index is 4.90. The molecule has 0 N–H and O–H groups in total. The lowest BCUT2D eigenvalue weighted by molar-refractivity contribution is 0.146. The van der Waals surface area contributed by atoms with E-state index in [2.05, 4.69) is 11.4 Å². The topological polar surface area (TPSA) is 21.6 Å². The van der Waals surface area contributed by atoms with Crippen molar-refractivity contribution in [3.8, 4) is 0 Å². The lowest BCUT2D eigenvalue weighted by Crippen LogP contribution is -1.85. The first-order valence-corrected chi connectivity index (χ1v) is 4.06. The first kappa shape index (κ1) is 8.78. The first-order chi connectivity index (χ1) is 5.93.